The highest BCUT2D eigenvalue weighted by Crippen LogP contribution is 2.32. The van der Waals surface area contributed by atoms with E-state index in [2.05, 4.69) is 21.6 Å². The SMILES string of the molecule is Cc1ncc(-c2cnn(CC3CCCC3)c2)c(-c2ccc3c(c2)C(=O)NC3)n1. The van der Waals surface area contributed by atoms with Gasteiger partial charge < -0.3 is 5.32 Å². The Bertz CT molecular complexity index is 1050. The van der Waals surface area contributed by atoms with Crippen molar-refractivity contribution >= 4 is 5.91 Å². The molecular weight excluding hydrogens is 350 g/mol. The molecule has 3 aromatic rings. The van der Waals surface area contributed by atoms with Crippen molar-refractivity contribution in [3.8, 4) is 22.4 Å². The average Bonchev–Trinajstić information content (AvgIpc) is 3.45. The van der Waals surface area contributed by atoms with Crippen molar-refractivity contribution in [2.45, 2.75) is 45.7 Å². The Morgan fingerprint density at radius 1 is 1.14 bits per heavy atom. The van der Waals surface area contributed by atoms with Crippen LogP contribution in [-0.4, -0.2) is 25.7 Å². The summed E-state index contributed by atoms with van der Waals surface area (Å²) in [5.74, 6) is 1.42. The molecule has 0 bridgehead atoms. The predicted octanol–water partition coefficient (Wildman–Crippen LogP) is 3.75. The number of nitrogens with one attached hydrogen (secondary N) is 1. The highest BCUT2D eigenvalue weighted by molar-refractivity contribution is 5.99. The standard InChI is InChI=1S/C22H23N5O/c1-14-23-11-20(18-10-25-27(13-18)12-15-4-2-3-5-15)21(26-14)16-6-7-17-9-24-22(28)19(17)8-16/h6-8,10-11,13,15H,2-5,9,12H2,1H3,(H,24,28). The molecule has 0 atom stereocenters. The fourth-order valence-corrected chi connectivity index (χ4v) is 4.32. The number of aryl methyl sites for hydroxylation is 1. The molecule has 1 aliphatic heterocycles. The second kappa shape index (κ2) is 6.86. The van der Waals surface area contributed by atoms with Gasteiger partial charge in [-0.2, -0.15) is 5.10 Å². The van der Waals surface area contributed by atoms with Crippen LogP contribution in [0.1, 0.15) is 47.4 Å². The molecular formula is C22H23N5O. The molecule has 1 aromatic carbocycles. The second-order valence-corrected chi connectivity index (χ2v) is 7.84. The minimum Gasteiger partial charge on any atom is -0.348 e. The van der Waals surface area contributed by atoms with Crippen molar-refractivity contribution in [2.75, 3.05) is 0 Å². The Hall–Kier alpha value is -3.02. The van der Waals surface area contributed by atoms with Crippen LogP contribution in [0.25, 0.3) is 22.4 Å². The molecule has 3 heterocycles. The fourth-order valence-electron chi connectivity index (χ4n) is 4.32. The molecule has 1 N–H and O–H groups in total. The van der Waals surface area contributed by atoms with Crippen molar-refractivity contribution in [1.82, 2.24) is 25.1 Å². The summed E-state index contributed by atoms with van der Waals surface area (Å²) in [6.07, 6.45) is 11.1. The van der Waals surface area contributed by atoms with Gasteiger partial charge in [-0.15, -0.1) is 0 Å². The van der Waals surface area contributed by atoms with Crippen LogP contribution in [0.15, 0.2) is 36.8 Å². The van der Waals surface area contributed by atoms with Crippen molar-refractivity contribution < 1.29 is 4.79 Å². The van der Waals surface area contributed by atoms with E-state index in [-0.39, 0.29) is 5.91 Å². The average molecular weight is 373 g/mol. The zero-order valence-corrected chi connectivity index (χ0v) is 16.0. The Labute approximate surface area is 164 Å². The molecule has 2 aliphatic rings. The lowest BCUT2D eigenvalue weighted by Gasteiger charge is -2.10. The van der Waals surface area contributed by atoms with Crippen LogP contribution in [0.2, 0.25) is 0 Å². The van der Waals surface area contributed by atoms with Crippen LogP contribution >= 0.6 is 0 Å². The number of hydrogen-bond acceptors (Lipinski definition) is 4. The van der Waals surface area contributed by atoms with Gasteiger partial charge in [-0.3, -0.25) is 9.48 Å². The fraction of sp³-hybridized carbons (Fsp3) is 0.364. The van der Waals surface area contributed by atoms with E-state index in [0.29, 0.717) is 12.4 Å². The molecule has 2 aromatic heterocycles. The number of aromatic nitrogens is 4. The molecule has 1 amide bonds. The maximum Gasteiger partial charge on any atom is 0.251 e. The topological polar surface area (TPSA) is 72.7 Å². The summed E-state index contributed by atoms with van der Waals surface area (Å²) < 4.78 is 2.05. The smallest absolute Gasteiger partial charge is 0.251 e. The molecule has 6 nitrogen and oxygen atoms in total. The van der Waals surface area contributed by atoms with E-state index in [9.17, 15) is 4.79 Å². The number of carbonyl (C=O) groups excluding carboxylic acids is 1. The zero-order chi connectivity index (χ0) is 19.1. The van der Waals surface area contributed by atoms with E-state index >= 15 is 0 Å². The highest BCUT2D eigenvalue weighted by atomic mass is 16.1. The zero-order valence-electron chi connectivity index (χ0n) is 16.0. The van der Waals surface area contributed by atoms with Crippen LogP contribution in [0.4, 0.5) is 0 Å². The third-order valence-corrected chi connectivity index (χ3v) is 5.84. The molecule has 0 saturated heterocycles. The summed E-state index contributed by atoms with van der Waals surface area (Å²) in [4.78, 5) is 21.2. The normalized spacial score (nSPS) is 16.4. The van der Waals surface area contributed by atoms with Crippen molar-refractivity contribution in [2.24, 2.45) is 5.92 Å². The molecule has 6 heteroatoms. The molecule has 0 unspecified atom stereocenters. The molecule has 0 radical (unpaired) electrons. The summed E-state index contributed by atoms with van der Waals surface area (Å²) in [6.45, 7) is 3.45. The van der Waals surface area contributed by atoms with Gasteiger partial charge in [0.2, 0.25) is 0 Å². The van der Waals surface area contributed by atoms with Crippen LogP contribution in [0.3, 0.4) is 0 Å². The summed E-state index contributed by atoms with van der Waals surface area (Å²) in [6, 6.07) is 5.98. The third kappa shape index (κ3) is 3.09. The monoisotopic (exact) mass is 373 g/mol. The number of hydrogen-bond donors (Lipinski definition) is 1. The second-order valence-electron chi connectivity index (χ2n) is 7.84. The summed E-state index contributed by atoms with van der Waals surface area (Å²) in [5.41, 5.74) is 5.50. The lowest BCUT2D eigenvalue weighted by Crippen LogP contribution is -2.12. The molecule has 5 rings (SSSR count). The van der Waals surface area contributed by atoms with Gasteiger partial charge in [-0.1, -0.05) is 25.0 Å². The minimum absolute atomic E-state index is 0.0199. The van der Waals surface area contributed by atoms with Crippen molar-refractivity contribution in [1.29, 1.82) is 0 Å². The molecule has 28 heavy (non-hydrogen) atoms. The van der Waals surface area contributed by atoms with E-state index in [1.54, 1.807) is 0 Å². The third-order valence-electron chi connectivity index (χ3n) is 5.84. The quantitative estimate of drug-likeness (QED) is 0.756. The number of amides is 1. The maximum atomic E-state index is 12.1. The maximum absolute atomic E-state index is 12.1. The van der Waals surface area contributed by atoms with E-state index in [1.807, 2.05) is 42.2 Å². The Morgan fingerprint density at radius 2 is 2.00 bits per heavy atom. The van der Waals surface area contributed by atoms with Crippen LogP contribution < -0.4 is 5.32 Å². The number of fused-ring (bicyclic) bond motifs is 1. The predicted molar refractivity (Wildman–Crippen MR) is 107 cm³/mol. The summed E-state index contributed by atoms with van der Waals surface area (Å²) >= 11 is 0. The largest absolute Gasteiger partial charge is 0.348 e. The van der Waals surface area contributed by atoms with Gasteiger partial charge in [0.25, 0.3) is 5.91 Å². The first-order valence-corrected chi connectivity index (χ1v) is 9.95. The molecule has 1 saturated carbocycles. The highest BCUT2D eigenvalue weighted by Gasteiger charge is 2.21. The van der Waals surface area contributed by atoms with Gasteiger partial charge in [-0.05, 0) is 37.3 Å². The molecule has 1 aliphatic carbocycles. The van der Waals surface area contributed by atoms with Gasteiger partial charge in [0.1, 0.15) is 5.82 Å². The number of nitrogens with zero attached hydrogens (tertiary/aromatic N) is 4. The Morgan fingerprint density at radius 3 is 2.86 bits per heavy atom. The van der Waals surface area contributed by atoms with Gasteiger partial charge in [0.15, 0.2) is 0 Å². The molecule has 142 valence electrons. The lowest BCUT2D eigenvalue weighted by molar-refractivity contribution is 0.0966. The number of rotatable bonds is 4. The molecule has 0 spiro atoms. The first-order chi connectivity index (χ1) is 13.7. The number of benzene rings is 1. The van der Waals surface area contributed by atoms with Gasteiger partial charge in [0.05, 0.1) is 11.9 Å². The van der Waals surface area contributed by atoms with E-state index in [1.165, 1.54) is 25.7 Å². The van der Waals surface area contributed by atoms with Crippen molar-refractivity contribution in [3.05, 3.63) is 53.7 Å². The van der Waals surface area contributed by atoms with Gasteiger partial charge in [-0.25, -0.2) is 9.97 Å². The van der Waals surface area contributed by atoms with Crippen LogP contribution in [-0.2, 0) is 13.1 Å². The van der Waals surface area contributed by atoms with Crippen LogP contribution in [0, 0.1) is 12.8 Å². The molecule has 1 fully saturated rings. The summed E-state index contributed by atoms with van der Waals surface area (Å²) in [7, 11) is 0. The number of carbonyl (C=O) groups is 1. The first-order valence-electron chi connectivity index (χ1n) is 9.95. The summed E-state index contributed by atoms with van der Waals surface area (Å²) in [5, 5.41) is 7.45. The minimum atomic E-state index is -0.0199. The Balaban J connectivity index is 1.52. The van der Waals surface area contributed by atoms with Gasteiger partial charge in [0, 0.05) is 47.7 Å². The lowest BCUT2D eigenvalue weighted by atomic mass is 9.99. The Kier molecular flexibility index (Phi) is 4.19. The van der Waals surface area contributed by atoms with Crippen LogP contribution in [0.5, 0.6) is 0 Å². The van der Waals surface area contributed by atoms with Gasteiger partial charge >= 0.3 is 0 Å². The van der Waals surface area contributed by atoms with E-state index in [4.69, 9.17) is 4.98 Å². The first kappa shape index (κ1) is 17.1. The van der Waals surface area contributed by atoms with Crippen molar-refractivity contribution in [3.63, 3.8) is 0 Å². The van der Waals surface area contributed by atoms with E-state index < -0.39 is 0 Å². The van der Waals surface area contributed by atoms with E-state index in [0.717, 1.165) is 46.0 Å².